The predicted molar refractivity (Wildman–Crippen MR) is 85.6 cm³/mol. The lowest BCUT2D eigenvalue weighted by Crippen LogP contribution is -2.32. The summed E-state index contributed by atoms with van der Waals surface area (Å²) >= 11 is 0. The number of hydrogen-bond donors (Lipinski definition) is 1. The summed E-state index contributed by atoms with van der Waals surface area (Å²) in [5, 5.41) is 2.96. The third-order valence-corrected chi connectivity index (χ3v) is 3.46. The number of carbonyl (C=O) groups is 1. The maximum atomic E-state index is 12.5. The van der Waals surface area contributed by atoms with Gasteiger partial charge in [0, 0.05) is 5.41 Å². The van der Waals surface area contributed by atoms with Crippen molar-refractivity contribution >= 4 is 11.6 Å². The van der Waals surface area contributed by atoms with Crippen molar-refractivity contribution in [2.24, 2.45) is 5.41 Å². The van der Waals surface area contributed by atoms with Gasteiger partial charge in [-0.1, -0.05) is 56.3 Å². The van der Waals surface area contributed by atoms with Gasteiger partial charge in [-0.2, -0.15) is 0 Å². The average molecular weight is 283 g/mol. The molecule has 0 aliphatic heterocycles. The molecule has 110 valence electrons. The Morgan fingerprint density at radius 1 is 1.05 bits per heavy atom. The van der Waals surface area contributed by atoms with Crippen LogP contribution in [0.5, 0.6) is 5.75 Å². The third kappa shape index (κ3) is 3.85. The lowest BCUT2D eigenvalue weighted by atomic mass is 9.84. The first-order valence-corrected chi connectivity index (χ1v) is 7.01. The molecule has 0 saturated carbocycles. The fourth-order valence-corrected chi connectivity index (χ4v) is 2.23. The van der Waals surface area contributed by atoms with Crippen LogP contribution in [0.3, 0.4) is 0 Å². The molecule has 0 bridgehead atoms. The van der Waals surface area contributed by atoms with E-state index in [4.69, 9.17) is 4.74 Å². The molecule has 0 atom stereocenters. The number of methoxy groups -OCH3 is 1. The van der Waals surface area contributed by atoms with Crippen molar-refractivity contribution in [2.75, 3.05) is 12.4 Å². The Morgan fingerprint density at radius 2 is 1.67 bits per heavy atom. The van der Waals surface area contributed by atoms with Gasteiger partial charge in [0.15, 0.2) is 0 Å². The number of ether oxygens (including phenoxy) is 1. The molecule has 0 spiro atoms. The molecule has 0 fully saturated rings. The van der Waals surface area contributed by atoms with Gasteiger partial charge < -0.3 is 10.1 Å². The Balaban J connectivity index is 2.11. The molecule has 1 amide bonds. The standard InChI is InChI=1S/C18H21NO2/c1-18(2,13-14-9-5-4-6-10-14)17(20)19-15-11-7-8-12-16(15)21-3/h4-12H,13H2,1-3H3,(H,19,20). The monoisotopic (exact) mass is 283 g/mol. The van der Waals surface area contributed by atoms with E-state index in [1.165, 1.54) is 0 Å². The van der Waals surface area contributed by atoms with Gasteiger partial charge in [-0.25, -0.2) is 0 Å². The molecule has 0 aromatic heterocycles. The van der Waals surface area contributed by atoms with E-state index in [1.807, 2.05) is 68.4 Å². The molecule has 0 saturated heterocycles. The number of benzene rings is 2. The quantitative estimate of drug-likeness (QED) is 0.903. The van der Waals surface area contributed by atoms with E-state index in [2.05, 4.69) is 5.32 Å². The lowest BCUT2D eigenvalue weighted by molar-refractivity contribution is -0.123. The van der Waals surface area contributed by atoms with Crippen LogP contribution in [0.4, 0.5) is 5.69 Å². The Hall–Kier alpha value is -2.29. The number of para-hydroxylation sites is 2. The van der Waals surface area contributed by atoms with E-state index in [0.717, 1.165) is 5.56 Å². The number of anilines is 1. The summed E-state index contributed by atoms with van der Waals surface area (Å²) in [6.07, 6.45) is 0.689. The number of amides is 1. The van der Waals surface area contributed by atoms with Crippen molar-refractivity contribution in [3.8, 4) is 5.75 Å². The average Bonchev–Trinajstić information content (AvgIpc) is 2.48. The molecule has 0 aliphatic rings. The maximum Gasteiger partial charge on any atom is 0.230 e. The molecule has 0 heterocycles. The van der Waals surface area contributed by atoms with Crippen molar-refractivity contribution in [2.45, 2.75) is 20.3 Å². The van der Waals surface area contributed by atoms with E-state index in [-0.39, 0.29) is 5.91 Å². The Morgan fingerprint density at radius 3 is 2.33 bits per heavy atom. The largest absolute Gasteiger partial charge is 0.495 e. The van der Waals surface area contributed by atoms with Crippen molar-refractivity contribution in [3.05, 3.63) is 60.2 Å². The normalized spacial score (nSPS) is 11.0. The number of hydrogen-bond acceptors (Lipinski definition) is 2. The van der Waals surface area contributed by atoms with Gasteiger partial charge in [0.1, 0.15) is 5.75 Å². The summed E-state index contributed by atoms with van der Waals surface area (Å²) in [6, 6.07) is 17.5. The molecule has 2 rings (SSSR count). The molecule has 3 heteroatoms. The van der Waals surface area contributed by atoms with Gasteiger partial charge in [0.25, 0.3) is 0 Å². The molecule has 3 nitrogen and oxygen atoms in total. The number of carbonyl (C=O) groups excluding carboxylic acids is 1. The zero-order valence-corrected chi connectivity index (χ0v) is 12.7. The van der Waals surface area contributed by atoms with Gasteiger partial charge in [-0.3, -0.25) is 4.79 Å². The van der Waals surface area contributed by atoms with Crippen LogP contribution < -0.4 is 10.1 Å². The molecule has 0 radical (unpaired) electrons. The van der Waals surface area contributed by atoms with Crippen molar-refractivity contribution in [1.29, 1.82) is 0 Å². The fourth-order valence-electron chi connectivity index (χ4n) is 2.23. The summed E-state index contributed by atoms with van der Waals surface area (Å²) in [4.78, 5) is 12.5. The van der Waals surface area contributed by atoms with Crippen LogP contribution in [-0.4, -0.2) is 13.0 Å². The van der Waals surface area contributed by atoms with Crippen LogP contribution in [-0.2, 0) is 11.2 Å². The first-order valence-electron chi connectivity index (χ1n) is 7.01. The van der Waals surface area contributed by atoms with Crippen molar-refractivity contribution in [3.63, 3.8) is 0 Å². The van der Waals surface area contributed by atoms with E-state index in [1.54, 1.807) is 7.11 Å². The van der Waals surface area contributed by atoms with Crippen LogP contribution in [0.25, 0.3) is 0 Å². The summed E-state index contributed by atoms with van der Waals surface area (Å²) in [7, 11) is 1.60. The molecule has 2 aromatic carbocycles. The second-order valence-electron chi connectivity index (χ2n) is 5.70. The minimum absolute atomic E-state index is 0.0177. The second-order valence-corrected chi connectivity index (χ2v) is 5.70. The van der Waals surface area contributed by atoms with Crippen LogP contribution in [0.15, 0.2) is 54.6 Å². The van der Waals surface area contributed by atoms with Crippen LogP contribution >= 0.6 is 0 Å². The minimum Gasteiger partial charge on any atom is -0.495 e. The zero-order valence-electron chi connectivity index (χ0n) is 12.7. The van der Waals surface area contributed by atoms with Crippen LogP contribution in [0.1, 0.15) is 19.4 Å². The van der Waals surface area contributed by atoms with Gasteiger partial charge in [0.05, 0.1) is 12.8 Å². The lowest BCUT2D eigenvalue weighted by Gasteiger charge is -2.24. The summed E-state index contributed by atoms with van der Waals surface area (Å²) in [6.45, 7) is 3.90. The second kappa shape index (κ2) is 6.44. The summed E-state index contributed by atoms with van der Waals surface area (Å²) in [5.41, 5.74) is 1.35. The van der Waals surface area contributed by atoms with Crippen molar-refractivity contribution in [1.82, 2.24) is 0 Å². The highest BCUT2D eigenvalue weighted by Crippen LogP contribution is 2.28. The highest BCUT2D eigenvalue weighted by atomic mass is 16.5. The SMILES string of the molecule is COc1ccccc1NC(=O)C(C)(C)Cc1ccccc1. The van der Waals surface area contributed by atoms with Crippen LogP contribution in [0, 0.1) is 5.41 Å². The molecule has 21 heavy (non-hydrogen) atoms. The third-order valence-electron chi connectivity index (χ3n) is 3.46. The first kappa shape index (κ1) is 15.1. The maximum absolute atomic E-state index is 12.5. The zero-order chi connectivity index (χ0) is 15.3. The summed E-state index contributed by atoms with van der Waals surface area (Å²) < 4.78 is 5.26. The van der Waals surface area contributed by atoms with E-state index >= 15 is 0 Å². The predicted octanol–water partition coefficient (Wildman–Crippen LogP) is 3.90. The summed E-state index contributed by atoms with van der Waals surface area (Å²) in [5.74, 6) is 0.650. The Kier molecular flexibility index (Phi) is 4.63. The molecular weight excluding hydrogens is 262 g/mol. The minimum atomic E-state index is -0.498. The van der Waals surface area contributed by atoms with Crippen molar-refractivity contribution < 1.29 is 9.53 Å². The van der Waals surface area contributed by atoms with Gasteiger partial charge in [-0.15, -0.1) is 0 Å². The smallest absolute Gasteiger partial charge is 0.230 e. The molecule has 2 aromatic rings. The highest BCUT2D eigenvalue weighted by molar-refractivity contribution is 5.96. The van der Waals surface area contributed by atoms with E-state index in [0.29, 0.717) is 17.9 Å². The topological polar surface area (TPSA) is 38.3 Å². The molecule has 1 N–H and O–H groups in total. The Bertz CT molecular complexity index is 606. The molecular formula is C18H21NO2. The van der Waals surface area contributed by atoms with E-state index < -0.39 is 5.41 Å². The Labute approximate surface area is 126 Å². The van der Waals surface area contributed by atoms with Gasteiger partial charge in [0.2, 0.25) is 5.91 Å². The molecule has 0 unspecified atom stereocenters. The highest BCUT2D eigenvalue weighted by Gasteiger charge is 2.28. The first-order chi connectivity index (χ1) is 10.0. The van der Waals surface area contributed by atoms with Crippen LogP contribution in [0.2, 0.25) is 0 Å². The van der Waals surface area contributed by atoms with E-state index in [9.17, 15) is 4.79 Å². The molecule has 0 aliphatic carbocycles. The fraction of sp³-hybridized carbons (Fsp3) is 0.278. The number of nitrogens with one attached hydrogen (secondary N) is 1. The number of rotatable bonds is 5. The van der Waals surface area contributed by atoms with Gasteiger partial charge in [-0.05, 0) is 24.1 Å². The van der Waals surface area contributed by atoms with Gasteiger partial charge >= 0.3 is 0 Å².